The van der Waals surface area contributed by atoms with Crippen LogP contribution in [0.5, 0.6) is 0 Å². The van der Waals surface area contributed by atoms with Crippen molar-refractivity contribution in [2.75, 3.05) is 13.1 Å². The summed E-state index contributed by atoms with van der Waals surface area (Å²) < 4.78 is 0. The second-order valence-electron chi connectivity index (χ2n) is 5.48. The maximum atomic E-state index is 5.75. The molecule has 18 heavy (non-hydrogen) atoms. The molecular formula is C14H22ClN3. The Morgan fingerprint density at radius 1 is 1.28 bits per heavy atom. The van der Waals surface area contributed by atoms with E-state index in [1.807, 2.05) is 12.1 Å². The van der Waals surface area contributed by atoms with E-state index in [2.05, 4.69) is 28.9 Å². The molecule has 1 aromatic heterocycles. The van der Waals surface area contributed by atoms with Crippen molar-refractivity contribution in [3.05, 3.63) is 23.0 Å². The zero-order valence-electron chi connectivity index (χ0n) is 11.3. The number of aromatic nitrogens is 2. The number of halogens is 1. The molecule has 0 bridgehead atoms. The molecular weight excluding hydrogens is 246 g/mol. The van der Waals surface area contributed by atoms with E-state index in [9.17, 15) is 0 Å². The van der Waals surface area contributed by atoms with Gasteiger partial charge < -0.3 is 4.90 Å². The normalized spacial score (nSPS) is 22.1. The third-order valence-corrected chi connectivity index (χ3v) is 4.00. The maximum absolute atomic E-state index is 5.75. The Labute approximate surface area is 115 Å². The van der Waals surface area contributed by atoms with Gasteiger partial charge in [0, 0.05) is 6.04 Å². The monoisotopic (exact) mass is 267 g/mol. The van der Waals surface area contributed by atoms with Gasteiger partial charge in [-0.1, -0.05) is 11.6 Å². The molecule has 1 aromatic rings. The zero-order valence-corrected chi connectivity index (χ0v) is 12.0. The van der Waals surface area contributed by atoms with Crippen LogP contribution in [0.15, 0.2) is 12.1 Å². The van der Waals surface area contributed by atoms with Crippen molar-refractivity contribution in [1.82, 2.24) is 15.1 Å². The molecule has 0 aromatic carbocycles. The standard InChI is InChI=1S/C14H22ClN3/c1-11(2)18-8-3-4-12(7-9-18)10-13-5-6-14(15)17-16-13/h5-6,11-12H,3-4,7-10H2,1-2H3/t12-/m1/s1. The van der Waals surface area contributed by atoms with Crippen LogP contribution in [0.4, 0.5) is 0 Å². The predicted molar refractivity (Wildman–Crippen MR) is 74.8 cm³/mol. The van der Waals surface area contributed by atoms with Crippen molar-refractivity contribution in [3.63, 3.8) is 0 Å². The van der Waals surface area contributed by atoms with E-state index >= 15 is 0 Å². The predicted octanol–water partition coefficient (Wildman–Crippen LogP) is 3.18. The van der Waals surface area contributed by atoms with E-state index in [1.165, 1.54) is 32.4 Å². The fourth-order valence-electron chi connectivity index (χ4n) is 2.66. The summed E-state index contributed by atoms with van der Waals surface area (Å²) in [6.45, 7) is 7.01. The lowest BCUT2D eigenvalue weighted by Gasteiger charge is -2.24. The first kappa shape index (κ1) is 13.8. The molecule has 0 amide bonds. The molecule has 100 valence electrons. The first-order chi connectivity index (χ1) is 8.65. The first-order valence-corrected chi connectivity index (χ1v) is 7.25. The Balaban J connectivity index is 1.88. The molecule has 1 saturated heterocycles. The van der Waals surface area contributed by atoms with Gasteiger partial charge in [0.1, 0.15) is 0 Å². The fourth-order valence-corrected chi connectivity index (χ4v) is 2.76. The van der Waals surface area contributed by atoms with Gasteiger partial charge in [-0.3, -0.25) is 0 Å². The molecule has 0 unspecified atom stereocenters. The number of nitrogens with zero attached hydrogens (tertiary/aromatic N) is 3. The van der Waals surface area contributed by atoms with Gasteiger partial charge in [0.25, 0.3) is 0 Å². The molecule has 0 saturated carbocycles. The van der Waals surface area contributed by atoms with Crippen LogP contribution >= 0.6 is 11.6 Å². The van der Waals surface area contributed by atoms with Crippen molar-refractivity contribution < 1.29 is 0 Å². The molecule has 1 aliphatic heterocycles. The van der Waals surface area contributed by atoms with E-state index in [-0.39, 0.29) is 0 Å². The first-order valence-electron chi connectivity index (χ1n) is 6.87. The lowest BCUT2D eigenvalue weighted by Crippen LogP contribution is -2.31. The molecule has 3 nitrogen and oxygen atoms in total. The highest BCUT2D eigenvalue weighted by Gasteiger charge is 2.19. The van der Waals surface area contributed by atoms with Crippen LogP contribution in [-0.4, -0.2) is 34.2 Å². The minimum absolute atomic E-state index is 0.477. The summed E-state index contributed by atoms with van der Waals surface area (Å²) in [4.78, 5) is 2.58. The lowest BCUT2D eigenvalue weighted by molar-refractivity contribution is 0.227. The van der Waals surface area contributed by atoms with Crippen molar-refractivity contribution in [1.29, 1.82) is 0 Å². The van der Waals surface area contributed by atoms with Crippen LogP contribution in [-0.2, 0) is 6.42 Å². The summed E-state index contributed by atoms with van der Waals surface area (Å²) in [5, 5.41) is 8.56. The van der Waals surface area contributed by atoms with Crippen LogP contribution in [0.3, 0.4) is 0 Å². The lowest BCUT2D eigenvalue weighted by atomic mass is 9.95. The van der Waals surface area contributed by atoms with Crippen LogP contribution in [0, 0.1) is 5.92 Å². The summed E-state index contributed by atoms with van der Waals surface area (Å²) in [6.07, 6.45) is 4.90. The van der Waals surface area contributed by atoms with Gasteiger partial charge in [0.05, 0.1) is 5.69 Å². The Hall–Kier alpha value is -0.670. The Kier molecular flexibility index (Phi) is 4.95. The summed E-state index contributed by atoms with van der Waals surface area (Å²) >= 11 is 5.75. The quantitative estimate of drug-likeness (QED) is 0.842. The Morgan fingerprint density at radius 2 is 2.11 bits per heavy atom. The number of rotatable bonds is 3. The van der Waals surface area contributed by atoms with Gasteiger partial charge in [0.15, 0.2) is 5.15 Å². The molecule has 1 aliphatic rings. The topological polar surface area (TPSA) is 29.0 Å². The van der Waals surface area contributed by atoms with E-state index in [1.54, 1.807) is 0 Å². The van der Waals surface area contributed by atoms with E-state index in [4.69, 9.17) is 11.6 Å². The third kappa shape index (κ3) is 3.92. The second-order valence-corrected chi connectivity index (χ2v) is 5.87. The minimum atomic E-state index is 0.477. The van der Waals surface area contributed by atoms with Gasteiger partial charge in [-0.15, -0.1) is 5.10 Å². The maximum Gasteiger partial charge on any atom is 0.151 e. The summed E-state index contributed by atoms with van der Waals surface area (Å²) in [6, 6.07) is 4.50. The summed E-state index contributed by atoms with van der Waals surface area (Å²) in [5.74, 6) is 0.740. The van der Waals surface area contributed by atoms with Crippen LogP contribution in [0.2, 0.25) is 5.15 Å². The molecule has 0 aliphatic carbocycles. The molecule has 4 heteroatoms. The van der Waals surface area contributed by atoms with E-state index in [0.717, 1.165) is 18.0 Å². The van der Waals surface area contributed by atoms with Gasteiger partial charge in [-0.25, -0.2) is 0 Å². The number of hydrogen-bond acceptors (Lipinski definition) is 3. The molecule has 0 N–H and O–H groups in total. The van der Waals surface area contributed by atoms with Crippen molar-refractivity contribution >= 4 is 11.6 Å². The number of hydrogen-bond donors (Lipinski definition) is 0. The van der Waals surface area contributed by atoms with Gasteiger partial charge >= 0.3 is 0 Å². The van der Waals surface area contributed by atoms with Crippen molar-refractivity contribution in [3.8, 4) is 0 Å². The van der Waals surface area contributed by atoms with Gasteiger partial charge in [-0.2, -0.15) is 5.10 Å². The highest BCUT2D eigenvalue weighted by molar-refractivity contribution is 6.29. The largest absolute Gasteiger partial charge is 0.301 e. The smallest absolute Gasteiger partial charge is 0.151 e. The highest BCUT2D eigenvalue weighted by atomic mass is 35.5. The van der Waals surface area contributed by atoms with Crippen molar-refractivity contribution in [2.24, 2.45) is 5.92 Å². The van der Waals surface area contributed by atoms with Crippen LogP contribution in [0.1, 0.15) is 38.8 Å². The average molecular weight is 268 g/mol. The molecule has 2 heterocycles. The molecule has 0 radical (unpaired) electrons. The third-order valence-electron chi connectivity index (χ3n) is 3.80. The van der Waals surface area contributed by atoms with Crippen molar-refractivity contribution in [2.45, 2.75) is 45.6 Å². The highest BCUT2D eigenvalue weighted by Crippen LogP contribution is 2.22. The van der Waals surface area contributed by atoms with Crippen LogP contribution in [0.25, 0.3) is 0 Å². The second kappa shape index (κ2) is 6.48. The summed E-state index contributed by atoms with van der Waals surface area (Å²) in [5.41, 5.74) is 1.07. The minimum Gasteiger partial charge on any atom is -0.301 e. The molecule has 1 atom stereocenters. The van der Waals surface area contributed by atoms with E-state index in [0.29, 0.717) is 11.2 Å². The number of likely N-dealkylation sites (tertiary alicyclic amines) is 1. The SMILES string of the molecule is CC(C)N1CCC[C@@H](Cc2ccc(Cl)nn2)CC1. The molecule has 0 spiro atoms. The molecule has 1 fully saturated rings. The Morgan fingerprint density at radius 3 is 2.78 bits per heavy atom. The fraction of sp³-hybridized carbons (Fsp3) is 0.714. The van der Waals surface area contributed by atoms with E-state index < -0.39 is 0 Å². The van der Waals surface area contributed by atoms with Gasteiger partial charge in [-0.05, 0) is 70.7 Å². The molecule has 2 rings (SSSR count). The van der Waals surface area contributed by atoms with Crippen LogP contribution < -0.4 is 0 Å². The zero-order chi connectivity index (χ0) is 13.0. The summed E-state index contributed by atoms with van der Waals surface area (Å²) in [7, 11) is 0. The van der Waals surface area contributed by atoms with Gasteiger partial charge in [0.2, 0.25) is 0 Å². The average Bonchev–Trinajstić information content (AvgIpc) is 2.58. The Bertz CT molecular complexity index is 364.